The molecule has 0 bridgehead atoms. The van der Waals surface area contributed by atoms with Gasteiger partial charge in [-0.05, 0) is 48.9 Å². The summed E-state index contributed by atoms with van der Waals surface area (Å²) in [4.78, 5) is 37.7. The number of hydrogen-bond acceptors (Lipinski definition) is 4. The second kappa shape index (κ2) is 8.17. The second-order valence-corrected chi connectivity index (χ2v) is 6.79. The van der Waals surface area contributed by atoms with Crippen LogP contribution in [0, 0.1) is 0 Å². The largest absolute Gasteiger partial charge is 0.494 e. The second-order valence-electron chi connectivity index (χ2n) is 6.79. The van der Waals surface area contributed by atoms with Gasteiger partial charge >= 0.3 is 0 Å². The molecule has 0 aromatic heterocycles. The van der Waals surface area contributed by atoms with Gasteiger partial charge in [-0.1, -0.05) is 36.4 Å². The van der Waals surface area contributed by atoms with Crippen molar-refractivity contribution in [3.63, 3.8) is 0 Å². The number of nitrogens with one attached hydrogen (secondary N) is 1. The van der Waals surface area contributed by atoms with Crippen molar-refractivity contribution in [2.45, 2.75) is 6.92 Å². The smallest absolute Gasteiger partial charge is 0.248 e. The molecule has 3 aromatic rings. The van der Waals surface area contributed by atoms with Gasteiger partial charge in [0, 0.05) is 34.0 Å². The quantitative estimate of drug-likeness (QED) is 0.503. The zero-order valence-corrected chi connectivity index (χ0v) is 16.3. The van der Waals surface area contributed by atoms with Gasteiger partial charge in [-0.2, -0.15) is 0 Å². The minimum absolute atomic E-state index is 0.187. The third-order valence-electron chi connectivity index (χ3n) is 4.81. The normalized spacial score (nSPS) is 12.4. The minimum Gasteiger partial charge on any atom is -0.494 e. The Kier molecular flexibility index (Phi) is 5.26. The fourth-order valence-corrected chi connectivity index (χ4v) is 3.37. The molecule has 1 N–H and O–H groups in total. The molecule has 1 amide bonds. The Bertz CT molecular complexity index is 1180. The van der Waals surface area contributed by atoms with Gasteiger partial charge < -0.3 is 10.1 Å². The Labute approximate surface area is 174 Å². The summed E-state index contributed by atoms with van der Waals surface area (Å²) in [5.74, 6) is 0.0301. The lowest BCUT2D eigenvalue weighted by molar-refractivity contribution is -0.111. The summed E-state index contributed by atoms with van der Waals surface area (Å²) >= 11 is 0. The predicted octanol–water partition coefficient (Wildman–Crippen LogP) is 4.51. The minimum atomic E-state index is -0.334. The van der Waals surface area contributed by atoms with Crippen LogP contribution in [0.5, 0.6) is 5.75 Å². The molecule has 30 heavy (non-hydrogen) atoms. The first-order chi connectivity index (χ1) is 14.6. The van der Waals surface area contributed by atoms with E-state index in [1.807, 2.05) is 31.2 Å². The highest BCUT2D eigenvalue weighted by Crippen LogP contribution is 2.29. The maximum atomic E-state index is 12.8. The van der Waals surface area contributed by atoms with Crippen LogP contribution < -0.4 is 10.1 Å². The number of ketones is 2. The number of ether oxygens (including phenoxy) is 1. The number of rotatable bonds is 5. The SMILES string of the molecule is CCOc1ccc(/C=C/C(=O)Nc2ccc3c(c2)C(=O)c2ccccc2C3=O)cc1. The lowest BCUT2D eigenvalue weighted by Gasteiger charge is -2.18. The Morgan fingerprint density at radius 2 is 1.50 bits per heavy atom. The van der Waals surface area contributed by atoms with E-state index in [0.717, 1.165) is 11.3 Å². The standard InChI is InChI=1S/C25H19NO4/c1-2-30-18-11-7-16(8-12-18)9-14-23(27)26-17-10-13-21-22(15-17)25(29)20-6-4-3-5-19(20)24(21)28/h3-15H,2H2,1H3,(H,26,27)/b14-9+. The van der Waals surface area contributed by atoms with E-state index >= 15 is 0 Å². The van der Waals surface area contributed by atoms with Crippen LogP contribution in [0.1, 0.15) is 44.3 Å². The number of carbonyl (C=O) groups excluding carboxylic acids is 3. The van der Waals surface area contributed by atoms with Crippen molar-refractivity contribution in [3.8, 4) is 5.75 Å². The molecule has 0 aliphatic heterocycles. The molecule has 0 fully saturated rings. The molecule has 0 spiro atoms. The van der Waals surface area contributed by atoms with Gasteiger partial charge in [0.15, 0.2) is 11.6 Å². The molecule has 0 saturated carbocycles. The zero-order chi connectivity index (χ0) is 21.1. The summed E-state index contributed by atoms with van der Waals surface area (Å²) in [6.07, 6.45) is 3.10. The first-order valence-electron chi connectivity index (χ1n) is 9.61. The number of carbonyl (C=O) groups is 3. The lowest BCUT2D eigenvalue weighted by Crippen LogP contribution is -2.21. The highest BCUT2D eigenvalue weighted by Gasteiger charge is 2.29. The Balaban J connectivity index is 1.50. The van der Waals surface area contributed by atoms with E-state index in [1.165, 1.54) is 6.08 Å². The van der Waals surface area contributed by atoms with E-state index in [4.69, 9.17) is 4.74 Å². The molecule has 0 atom stereocenters. The molecule has 0 saturated heterocycles. The average molecular weight is 397 g/mol. The number of hydrogen-bond donors (Lipinski definition) is 1. The summed E-state index contributed by atoms with van der Waals surface area (Å²) in [6, 6.07) is 18.9. The maximum Gasteiger partial charge on any atom is 0.248 e. The van der Waals surface area contributed by atoms with Crippen LogP contribution >= 0.6 is 0 Å². The third-order valence-corrected chi connectivity index (χ3v) is 4.81. The summed E-state index contributed by atoms with van der Waals surface area (Å²) in [5, 5.41) is 2.74. The number of benzene rings is 3. The Morgan fingerprint density at radius 3 is 2.17 bits per heavy atom. The molecule has 0 unspecified atom stereocenters. The lowest BCUT2D eigenvalue weighted by atomic mass is 9.84. The first-order valence-corrected chi connectivity index (χ1v) is 9.61. The van der Waals surface area contributed by atoms with Crippen molar-refractivity contribution in [1.82, 2.24) is 0 Å². The molecule has 1 aliphatic rings. The fourth-order valence-electron chi connectivity index (χ4n) is 3.37. The molecule has 148 valence electrons. The van der Waals surface area contributed by atoms with E-state index in [-0.39, 0.29) is 17.5 Å². The summed E-state index contributed by atoms with van der Waals surface area (Å²) < 4.78 is 5.39. The van der Waals surface area contributed by atoms with Crippen molar-refractivity contribution in [2.75, 3.05) is 11.9 Å². The summed E-state index contributed by atoms with van der Waals surface area (Å²) in [5.41, 5.74) is 2.75. The molecular formula is C25H19NO4. The van der Waals surface area contributed by atoms with Gasteiger partial charge in [0.05, 0.1) is 6.61 Å². The van der Waals surface area contributed by atoms with E-state index in [9.17, 15) is 14.4 Å². The molecule has 3 aromatic carbocycles. The molecule has 1 aliphatic carbocycles. The molecule has 4 rings (SSSR count). The van der Waals surface area contributed by atoms with E-state index in [0.29, 0.717) is 34.5 Å². The summed E-state index contributed by atoms with van der Waals surface area (Å²) in [7, 11) is 0. The molecule has 5 heteroatoms. The van der Waals surface area contributed by atoms with Crippen LogP contribution in [0.25, 0.3) is 6.08 Å². The van der Waals surface area contributed by atoms with Crippen molar-refractivity contribution < 1.29 is 19.1 Å². The van der Waals surface area contributed by atoms with Crippen LogP contribution in [0.2, 0.25) is 0 Å². The zero-order valence-electron chi connectivity index (χ0n) is 16.3. The van der Waals surface area contributed by atoms with Crippen molar-refractivity contribution in [3.05, 3.63) is 101 Å². The van der Waals surface area contributed by atoms with Crippen LogP contribution in [0.15, 0.2) is 72.8 Å². The van der Waals surface area contributed by atoms with Crippen molar-refractivity contribution >= 4 is 29.2 Å². The molecule has 5 nitrogen and oxygen atoms in total. The number of fused-ring (bicyclic) bond motifs is 2. The predicted molar refractivity (Wildman–Crippen MR) is 115 cm³/mol. The monoisotopic (exact) mass is 397 g/mol. The van der Waals surface area contributed by atoms with E-state index in [2.05, 4.69) is 5.32 Å². The molecular weight excluding hydrogens is 378 g/mol. The maximum absolute atomic E-state index is 12.8. The Morgan fingerprint density at radius 1 is 0.867 bits per heavy atom. The third kappa shape index (κ3) is 3.78. The number of anilines is 1. The molecule has 0 heterocycles. The van der Waals surface area contributed by atoms with Crippen molar-refractivity contribution in [1.29, 1.82) is 0 Å². The average Bonchev–Trinajstić information content (AvgIpc) is 2.77. The van der Waals surface area contributed by atoms with Gasteiger partial charge in [-0.15, -0.1) is 0 Å². The van der Waals surface area contributed by atoms with Gasteiger partial charge in [0.1, 0.15) is 5.75 Å². The fraction of sp³-hybridized carbons (Fsp3) is 0.0800. The summed E-state index contributed by atoms with van der Waals surface area (Å²) in [6.45, 7) is 2.51. The van der Waals surface area contributed by atoms with E-state index < -0.39 is 0 Å². The topological polar surface area (TPSA) is 72.5 Å². The highest BCUT2D eigenvalue weighted by atomic mass is 16.5. The van der Waals surface area contributed by atoms with E-state index in [1.54, 1.807) is 48.5 Å². The van der Waals surface area contributed by atoms with Gasteiger partial charge in [-0.25, -0.2) is 0 Å². The molecule has 0 radical (unpaired) electrons. The van der Waals surface area contributed by atoms with Crippen LogP contribution in [-0.4, -0.2) is 24.1 Å². The van der Waals surface area contributed by atoms with Gasteiger partial charge in [-0.3, -0.25) is 14.4 Å². The van der Waals surface area contributed by atoms with Gasteiger partial charge in [0.2, 0.25) is 5.91 Å². The van der Waals surface area contributed by atoms with Crippen LogP contribution in [-0.2, 0) is 4.79 Å². The Hall–Kier alpha value is -3.99. The highest BCUT2D eigenvalue weighted by molar-refractivity contribution is 6.28. The first kappa shape index (κ1) is 19.3. The van der Waals surface area contributed by atoms with Gasteiger partial charge in [0.25, 0.3) is 0 Å². The van der Waals surface area contributed by atoms with Crippen molar-refractivity contribution in [2.24, 2.45) is 0 Å². The van der Waals surface area contributed by atoms with Crippen LogP contribution in [0.3, 0.4) is 0 Å². The number of amides is 1. The van der Waals surface area contributed by atoms with Crippen LogP contribution in [0.4, 0.5) is 5.69 Å².